The van der Waals surface area contributed by atoms with Crippen molar-refractivity contribution in [1.82, 2.24) is 0 Å². The number of piperidine rings is 1. The van der Waals surface area contributed by atoms with Gasteiger partial charge >= 0.3 is 25.9 Å². The molecule has 2 aromatic rings. The van der Waals surface area contributed by atoms with Gasteiger partial charge in [-0.3, -0.25) is 13.8 Å². The number of likely N-dealkylation sites (N-methyl/N-ethyl adjacent to an activating group) is 1. The van der Waals surface area contributed by atoms with E-state index in [9.17, 15) is 23.8 Å². The van der Waals surface area contributed by atoms with Gasteiger partial charge in [0.15, 0.2) is 6.10 Å². The average Bonchev–Trinajstić information content (AvgIpc) is 3.81. The molecule has 3 saturated heterocycles. The first kappa shape index (κ1) is 51.7. The zero-order valence-corrected chi connectivity index (χ0v) is 40.2. The van der Waals surface area contributed by atoms with Gasteiger partial charge in [-0.15, -0.1) is 0 Å². The van der Waals surface area contributed by atoms with Crippen LogP contribution < -0.4 is 0 Å². The molecule has 1 N–H and O–H groups in total. The summed E-state index contributed by atoms with van der Waals surface area (Å²) in [4.78, 5) is 52.5. The second-order valence-electron chi connectivity index (χ2n) is 19.4. The lowest BCUT2D eigenvalue weighted by molar-refractivity contribution is -0.956. The molecule has 3 fully saturated rings. The molecule has 0 saturated carbocycles. The molecule has 3 heterocycles. The average molecular weight is 915 g/mol. The monoisotopic (exact) mass is 915 g/mol. The molecule has 1 spiro atoms. The number of carbonyl (C=O) groups excluding carboxylic acids is 3. The number of nitrogens with zero attached hydrogens (tertiary/aromatic N) is 2. The summed E-state index contributed by atoms with van der Waals surface area (Å²) in [5, 5.41) is 0. The van der Waals surface area contributed by atoms with Crippen molar-refractivity contribution in [2.24, 2.45) is 0 Å². The van der Waals surface area contributed by atoms with Gasteiger partial charge in [0.25, 0.3) is 5.60 Å². The summed E-state index contributed by atoms with van der Waals surface area (Å²) in [6.07, 6.45) is 18.6. The minimum absolute atomic E-state index is 0.0692. The number of carbonyl (C=O) groups is 3. The van der Waals surface area contributed by atoms with E-state index in [1.807, 2.05) is 21.1 Å². The van der Waals surface area contributed by atoms with Gasteiger partial charge in [-0.25, -0.2) is 14.2 Å². The Balaban J connectivity index is 1.23. The summed E-state index contributed by atoms with van der Waals surface area (Å²) in [7, 11) is 1.13. The summed E-state index contributed by atoms with van der Waals surface area (Å²) >= 11 is 0. The van der Waals surface area contributed by atoms with Crippen LogP contribution in [0, 0.1) is 0 Å². The maximum absolute atomic E-state index is 14.9. The van der Waals surface area contributed by atoms with Crippen LogP contribution in [-0.2, 0) is 47.8 Å². The quantitative estimate of drug-likeness (QED) is 0.0274. The summed E-state index contributed by atoms with van der Waals surface area (Å²) in [6.45, 7) is 3.82. The number of hydrogen-bond acceptors (Lipinski definition) is 10. The van der Waals surface area contributed by atoms with Crippen LogP contribution in [-0.4, -0.2) is 117 Å². The number of quaternary nitrogens is 2. The van der Waals surface area contributed by atoms with Crippen molar-refractivity contribution in [2.75, 3.05) is 60.6 Å². The van der Waals surface area contributed by atoms with Crippen molar-refractivity contribution in [3.63, 3.8) is 0 Å². The summed E-state index contributed by atoms with van der Waals surface area (Å²) in [6, 6.07) is 18.3. The van der Waals surface area contributed by atoms with Gasteiger partial charge in [0.2, 0.25) is 0 Å². The third-order valence-electron chi connectivity index (χ3n) is 13.5. The van der Waals surface area contributed by atoms with Crippen molar-refractivity contribution < 1.29 is 60.8 Å². The first-order chi connectivity index (χ1) is 30.8. The molecule has 0 radical (unpaired) electrons. The van der Waals surface area contributed by atoms with Crippen LogP contribution in [0.4, 0.5) is 4.79 Å². The van der Waals surface area contributed by atoms with E-state index >= 15 is 0 Å². The van der Waals surface area contributed by atoms with Crippen LogP contribution in [0.3, 0.4) is 0 Å². The van der Waals surface area contributed by atoms with Gasteiger partial charge in [0.1, 0.15) is 25.9 Å². The largest absolute Gasteiger partial charge is 0.510 e. The minimum Gasteiger partial charge on any atom is -0.462 e. The molecule has 0 aliphatic carbocycles. The second kappa shape index (κ2) is 25.6. The molecule has 5 rings (SSSR count). The molecule has 3 aliphatic heterocycles. The lowest BCUT2D eigenvalue weighted by atomic mass is 9.85. The maximum Gasteiger partial charge on any atom is 0.510 e. The van der Waals surface area contributed by atoms with E-state index in [0.29, 0.717) is 40.7 Å². The molecule has 13 nitrogen and oxygen atoms in total. The fourth-order valence-corrected chi connectivity index (χ4v) is 10.8. The lowest BCUT2D eigenvalue weighted by Gasteiger charge is -2.47. The first-order valence-corrected chi connectivity index (χ1v) is 25.9. The molecule has 3 aliphatic rings. The number of phosphoric ester groups is 1. The number of hydrogen-bond donors (Lipinski definition) is 1. The van der Waals surface area contributed by atoms with Gasteiger partial charge in [-0.1, -0.05) is 145 Å². The summed E-state index contributed by atoms with van der Waals surface area (Å²) < 4.78 is 49.0. The van der Waals surface area contributed by atoms with Crippen LogP contribution >= 0.6 is 7.82 Å². The molecule has 2 aromatic carbocycles. The van der Waals surface area contributed by atoms with Crippen molar-refractivity contribution in [3.8, 4) is 0 Å². The predicted molar refractivity (Wildman–Crippen MR) is 246 cm³/mol. The standard InChI is InChI=1S/C50H78N2O11P/c1-5-6-7-8-9-10-11-12-13-14-15-16-23-30-47(53)58-39-46(40-60-64(56,57)59-36-35-51(2,3)4)62-49(55)63-50(41-26-19-17-20-27-41,42-28-21-18-22-29-42)48(54)61-45-37-43-31-32-44(38-45)52(43)33-24-25-34-52/h17-22,26-29,43-46H,5-16,23-25,30-40H2,1-4H3/q+1/p+1. The number of benzene rings is 2. The van der Waals surface area contributed by atoms with Crippen molar-refractivity contribution in [2.45, 2.75) is 165 Å². The number of esters is 2. The highest BCUT2D eigenvalue weighted by Crippen LogP contribution is 2.47. The van der Waals surface area contributed by atoms with Gasteiger partial charge in [0, 0.05) is 56.1 Å². The number of rotatable bonds is 29. The molecule has 0 aromatic heterocycles. The zero-order valence-electron chi connectivity index (χ0n) is 39.3. The Bertz CT molecular complexity index is 1700. The smallest absolute Gasteiger partial charge is 0.462 e. The fourth-order valence-electron chi connectivity index (χ4n) is 10.0. The second-order valence-corrected chi connectivity index (χ2v) is 20.9. The minimum atomic E-state index is -4.61. The molecular formula is C50H79N2O11P+2. The topological polar surface area (TPSA) is 144 Å². The van der Waals surface area contributed by atoms with E-state index in [-0.39, 0.29) is 19.1 Å². The van der Waals surface area contributed by atoms with Gasteiger partial charge in [-0.05, 0) is 6.42 Å². The number of ether oxygens (including phenoxy) is 4. The maximum atomic E-state index is 14.9. The Morgan fingerprint density at radius 1 is 0.750 bits per heavy atom. The Morgan fingerprint density at radius 3 is 1.78 bits per heavy atom. The lowest BCUT2D eigenvalue weighted by Crippen LogP contribution is -2.60. The normalized spacial score (nSPS) is 20.7. The molecule has 14 heteroatoms. The molecule has 358 valence electrons. The molecular weight excluding hydrogens is 836 g/mol. The van der Waals surface area contributed by atoms with Crippen molar-refractivity contribution >= 4 is 25.9 Å². The fraction of sp³-hybridized carbons (Fsp3) is 0.700. The molecule has 64 heavy (non-hydrogen) atoms. The third kappa shape index (κ3) is 15.7. The van der Waals surface area contributed by atoms with Crippen molar-refractivity contribution in [1.29, 1.82) is 0 Å². The van der Waals surface area contributed by atoms with E-state index in [0.717, 1.165) is 49.4 Å². The SMILES string of the molecule is CCCCCCCCCCCCCCCC(=O)OCC(COP(=O)(O)OCC[N+](C)(C)C)OC(=O)OC(C(=O)OC1CC2CCC(C1)[N+]21CCCC1)(c1ccccc1)c1ccccc1. The molecule has 4 unspecified atom stereocenters. The third-order valence-corrected chi connectivity index (χ3v) is 14.5. The van der Waals surface area contributed by atoms with E-state index in [2.05, 4.69) is 6.92 Å². The Hall–Kier alpha value is -3.32. The Labute approximate surface area is 383 Å². The van der Waals surface area contributed by atoms with Gasteiger partial charge in [0.05, 0.1) is 52.9 Å². The number of unbranched alkanes of at least 4 members (excludes halogenated alkanes) is 12. The highest BCUT2D eigenvalue weighted by molar-refractivity contribution is 7.47. The Morgan fingerprint density at radius 2 is 1.27 bits per heavy atom. The van der Waals surface area contributed by atoms with E-state index < -0.39 is 50.8 Å². The van der Waals surface area contributed by atoms with Crippen molar-refractivity contribution in [3.05, 3.63) is 71.8 Å². The molecule has 4 atom stereocenters. The Kier molecular flexibility index (Phi) is 20.6. The summed E-state index contributed by atoms with van der Waals surface area (Å²) in [5.41, 5.74) is -1.37. The molecule has 0 amide bonds. The van der Waals surface area contributed by atoms with E-state index in [4.69, 9.17) is 28.0 Å². The summed E-state index contributed by atoms with van der Waals surface area (Å²) in [5.74, 6) is -1.24. The van der Waals surface area contributed by atoms with Crippen LogP contribution in [0.25, 0.3) is 0 Å². The van der Waals surface area contributed by atoms with Gasteiger partial charge in [-0.2, -0.15) is 0 Å². The number of phosphoric acid groups is 1. The first-order valence-electron chi connectivity index (χ1n) is 24.4. The van der Waals surface area contributed by atoms with Crippen LogP contribution in [0.15, 0.2) is 60.7 Å². The van der Waals surface area contributed by atoms with Gasteiger partial charge < -0.3 is 32.8 Å². The molecule has 2 bridgehead atoms. The van der Waals surface area contributed by atoms with Crippen LogP contribution in [0.1, 0.15) is 146 Å². The highest BCUT2D eigenvalue weighted by atomic mass is 31.2. The zero-order chi connectivity index (χ0) is 45.9. The predicted octanol–water partition coefficient (Wildman–Crippen LogP) is 10.2. The highest BCUT2D eigenvalue weighted by Gasteiger charge is 2.57. The van der Waals surface area contributed by atoms with E-state index in [1.165, 1.54) is 83.7 Å². The van der Waals surface area contributed by atoms with E-state index in [1.54, 1.807) is 60.7 Å². The van der Waals surface area contributed by atoms with Crippen LogP contribution in [0.2, 0.25) is 0 Å². The van der Waals surface area contributed by atoms with Crippen LogP contribution in [0.5, 0.6) is 0 Å².